The van der Waals surface area contributed by atoms with Crippen molar-refractivity contribution in [1.82, 2.24) is 5.32 Å². The van der Waals surface area contributed by atoms with Crippen molar-refractivity contribution in [1.29, 1.82) is 0 Å². The first-order valence-electron chi connectivity index (χ1n) is 4.18. The molecule has 0 aromatic rings. The van der Waals surface area contributed by atoms with E-state index in [1.165, 1.54) is 13.0 Å². The normalized spacial score (nSPS) is 61.3. The maximum Gasteiger partial charge on any atom is 0.0139 e. The molecule has 1 nitrogen and oxygen atoms in total. The molecule has 3 fully saturated rings. The van der Waals surface area contributed by atoms with Gasteiger partial charge in [-0.05, 0) is 43.6 Å². The van der Waals surface area contributed by atoms with Crippen LogP contribution in [0.25, 0.3) is 0 Å². The molecular weight excluding hydrogens is 110 g/mol. The summed E-state index contributed by atoms with van der Waals surface area (Å²) in [4.78, 5) is 0. The van der Waals surface area contributed by atoms with Crippen molar-refractivity contribution >= 4 is 0 Å². The van der Waals surface area contributed by atoms with Crippen molar-refractivity contribution in [2.45, 2.75) is 25.3 Å². The Kier molecular flexibility index (Phi) is 0.704. The first-order valence-corrected chi connectivity index (χ1v) is 4.18. The predicted molar refractivity (Wildman–Crippen MR) is 36.1 cm³/mol. The van der Waals surface area contributed by atoms with Crippen molar-refractivity contribution < 1.29 is 0 Å². The van der Waals surface area contributed by atoms with E-state index in [1.807, 2.05) is 0 Å². The molecule has 1 heteroatoms. The summed E-state index contributed by atoms with van der Waals surface area (Å²) in [7, 11) is 0. The van der Waals surface area contributed by atoms with E-state index in [0.717, 1.165) is 23.8 Å². The maximum absolute atomic E-state index is 3.54. The predicted octanol–water partition coefficient (Wildman–Crippen LogP) is 1.00. The van der Waals surface area contributed by atoms with Crippen LogP contribution in [0.4, 0.5) is 0 Å². The SMILES string of the molecule is C1C[C@@H]2C[C@@H]1[C@@H]1CN[C@@H]21. The summed E-state index contributed by atoms with van der Waals surface area (Å²) in [6.07, 6.45) is 4.63. The molecule has 0 amide bonds. The fourth-order valence-corrected chi connectivity index (χ4v) is 3.13. The molecule has 1 heterocycles. The van der Waals surface area contributed by atoms with E-state index in [2.05, 4.69) is 5.32 Å². The molecule has 0 spiro atoms. The number of fused-ring (bicyclic) bond motifs is 5. The molecule has 4 atom stereocenters. The van der Waals surface area contributed by atoms with E-state index >= 15 is 0 Å². The fourth-order valence-electron chi connectivity index (χ4n) is 3.13. The van der Waals surface area contributed by atoms with Crippen LogP contribution in [0.2, 0.25) is 0 Å². The summed E-state index contributed by atoms with van der Waals surface area (Å²) in [5.74, 6) is 3.35. The Hall–Kier alpha value is -0.0400. The molecule has 3 aliphatic rings. The average Bonchev–Trinajstić information content (AvgIpc) is 2.18. The van der Waals surface area contributed by atoms with E-state index in [9.17, 15) is 0 Å². The van der Waals surface area contributed by atoms with Crippen molar-refractivity contribution in [3.05, 3.63) is 0 Å². The maximum atomic E-state index is 3.54. The zero-order valence-corrected chi connectivity index (χ0v) is 5.64. The molecule has 1 aliphatic heterocycles. The molecule has 9 heavy (non-hydrogen) atoms. The molecule has 0 radical (unpaired) electrons. The summed E-state index contributed by atoms with van der Waals surface area (Å²) in [6, 6.07) is 0.976. The fraction of sp³-hybridized carbons (Fsp3) is 1.00. The van der Waals surface area contributed by atoms with Crippen LogP contribution >= 0.6 is 0 Å². The molecule has 1 saturated heterocycles. The standard InChI is InChI=1S/C8H13N/c1-2-6-3-5(1)7-4-9-8(6)7/h5-9H,1-4H2/t5-,6-,7+,8+/m1/s1. The molecule has 2 saturated carbocycles. The van der Waals surface area contributed by atoms with Gasteiger partial charge < -0.3 is 5.32 Å². The molecule has 0 unspecified atom stereocenters. The van der Waals surface area contributed by atoms with Crippen LogP contribution < -0.4 is 5.32 Å². The van der Waals surface area contributed by atoms with E-state index in [-0.39, 0.29) is 0 Å². The number of hydrogen-bond donors (Lipinski definition) is 1. The van der Waals surface area contributed by atoms with Gasteiger partial charge in [0.1, 0.15) is 0 Å². The Bertz CT molecular complexity index is 124. The van der Waals surface area contributed by atoms with Crippen LogP contribution in [0.5, 0.6) is 0 Å². The van der Waals surface area contributed by atoms with Gasteiger partial charge in [0.25, 0.3) is 0 Å². The lowest BCUT2D eigenvalue weighted by molar-refractivity contribution is 0.153. The highest BCUT2D eigenvalue weighted by Gasteiger charge is 2.51. The van der Waals surface area contributed by atoms with E-state index in [1.54, 1.807) is 12.8 Å². The molecule has 2 bridgehead atoms. The van der Waals surface area contributed by atoms with Crippen molar-refractivity contribution in [3.63, 3.8) is 0 Å². The van der Waals surface area contributed by atoms with Crippen LogP contribution in [0, 0.1) is 17.8 Å². The smallest absolute Gasteiger partial charge is 0.0139 e. The molecule has 0 aromatic heterocycles. The van der Waals surface area contributed by atoms with Gasteiger partial charge in [-0.2, -0.15) is 0 Å². The van der Waals surface area contributed by atoms with Gasteiger partial charge in [0.2, 0.25) is 0 Å². The molecule has 50 valence electrons. The van der Waals surface area contributed by atoms with Gasteiger partial charge in [0.05, 0.1) is 0 Å². The first-order chi connectivity index (χ1) is 4.45. The van der Waals surface area contributed by atoms with Crippen LogP contribution in [0.15, 0.2) is 0 Å². The highest BCUT2D eigenvalue weighted by atomic mass is 15.0. The minimum atomic E-state index is 0.976. The monoisotopic (exact) mass is 123 g/mol. The summed E-state index contributed by atoms with van der Waals surface area (Å²) < 4.78 is 0. The van der Waals surface area contributed by atoms with E-state index in [4.69, 9.17) is 0 Å². The summed E-state index contributed by atoms with van der Waals surface area (Å²) in [5.41, 5.74) is 0. The zero-order valence-electron chi connectivity index (χ0n) is 5.64. The first kappa shape index (κ1) is 4.73. The number of hydrogen-bond acceptors (Lipinski definition) is 1. The average molecular weight is 123 g/mol. The van der Waals surface area contributed by atoms with Gasteiger partial charge in [-0.1, -0.05) is 0 Å². The van der Waals surface area contributed by atoms with Gasteiger partial charge in [0.15, 0.2) is 0 Å². The lowest BCUT2D eigenvalue weighted by Gasteiger charge is -2.41. The summed E-state index contributed by atoms with van der Waals surface area (Å²) in [6.45, 7) is 1.34. The second kappa shape index (κ2) is 1.34. The second-order valence-corrected chi connectivity index (χ2v) is 3.93. The minimum absolute atomic E-state index is 0.976. The number of rotatable bonds is 0. The van der Waals surface area contributed by atoms with E-state index in [0.29, 0.717) is 0 Å². The Balaban J connectivity index is 1.94. The van der Waals surface area contributed by atoms with Gasteiger partial charge in [-0.3, -0.25) is 0 Å². The molecular formula is C8H13N. The third-order valence-corrected chi connectivity index (χ3v) is 3.68. The Morgan fingerprint density at radius 2 is 2.00 bits per heavy atom. The molecule has 0 aromatic carbocycles. The Labute approximate surface area is 55.8 Å². The molecule has 1 N–H and O–H groups in total. The third-order valence-electron chi connectivity index (χ3n) is 3.68. The van der Waals surface area contributed by atoms with Crippen molar-refractivity contribution in [3.8, 4) is 0 Å². The molecule has 2 aliphatic carbocycles. The lowest BCUT2D eigenvalue weighted by atomic mass is 9.79. The lowest BCUT2D eigenvalue weighted by Crippen LogP contribution is -2.55. The van der Waals surface area contributed by atoms with Crippen molar-refractivity contribution in [2.24, 2.45) is 17.8 Å². The number of nitrogens with one attached hydrogen (secondary N) is 1. The summed E-state index contributed by atoms with van der Waals surface area (Å²) >= 11 is 0. The second-order valence-electron chi connectivity index (χ2n) is 3.93. The minimum Gasteiger partial charge on any atom is -0.313 e. The van der Waals surface area contributed by atoms with Crippen LogP contribution in [-0.4, -0.2) is 12.6 Å². The largest absolute Gasteiger partial charge is 0.313 e. The van der Waals surface area contributed by atoms with Crippen LogP contribution in [-0.2, 0) is 0 Å². The van der Waals surface area contributed by atoms with Crippen LogP contribution in [0.3, 0.4) is 0 Å². The topological polar surface area (TPSA) is 12.0 Å². The van der Waals surface area contributed by atoms with Gasteiger partial charge in [-0.15, -0.1) is 0 Å². The van der Waals surface area contributed by atoms with Crippen molar-refractivity contribution in [2.75, 3.05) is 6.54 Å². The zero-order chi connectivity index (χ0) is 5.84. The van der Waals surface area contributed by atoms with Gasteiger partial charge in [0, 0.05) is 6.04 Å². The quantitative estimate of drug-likeness (QED) is 0.507. The van der Waals surface area contributed by atoms with Gasteiger partial charge in [-0.25, -0.2) is 0 Å². The van der Waals surface area contributed by atoms with E-state index < -0.39 is 0 Å². The highest BCUT2D eigenvalue weighted by Crippen LogP contribution is 2.51. The Morgan fingerprint density at radius 1 is 1.11 bits per heavy atom. The third kappa shape index (κ3) is 0.420. The summed E-state index contributed by atoms with van der Waals surface area (Å²) in [5, 5.41) is 3.54. The molecule has 3 rings (SSSR count). The highest BCUT2D eigenvalue weighted by molar-refractivity contribution is 5.06. The Morgan fingerprint density at radius 3 is 2.44 bits per heavy atom. The van der Waals surface area contributed by atoms with Gasteiger partial charge >= 0.3 is 0 Å². The van der Waals surface area contributed by atoms with Crippen LogP contribution in [0.1, 0.15) is 19.3 Å².